The van der Waals surface area contributed by atoms with Crippen LogP contribution in [0.3, 0.4) is 0 Å². The Morgan fingerprint density at radius 1 is 1.07 bits per heavy atom. The van der Waals surface area contributed by atoms with E-state index >= 15 is 0 Å². The van der Waals surface area contributed by atoms with Gasteiger partial charge >= 0.3 is 0 Å². The highest BCUT2D eigenvalue weighted by atomic mass is 35.5. The molecule has 7 heteroatoms. The van der Waals surface area contributed by atoms with Crippen molar-refractivity contribution >= 4 is 17.5 Å². The highest BCUT2D eigenvalue weighted by Gasteiger charge is 2.25. The van der Waals surface area contributed by atoms with Gasteiger partial charge in [-0.15, -0.1) is 0 Å². The minimum Gasteiger partial charge on any atom is -0.493 e. The topological polar surface area (TPSA) is 56.6 Å². The molecule has 0 saturated heterocycles. The Kier molecular flexibility index (Phi) is 7.00. The Bertz CT molecular complexity index is 1020. The van der Waals surface area contributed by atoms with Crippen molar-refractivity contribution in [2.75, 3.05) is 20.8 Å². The number of aromatic nitrogens is 2. The Balaban J connectivity index is 1.84. The van der Waals surface area contributed by atoms with E-state index in [0.29, 0.717) is 47.5 Å². The SMILES string of the molecule is CCN(Cc1ccc(OC)c(OC)c1)C(=O)c1c(C)nn(Cc2ccccc2)c1Cl. The summed E-state index contributed by atoms with van der Waals surface area (Å²) < 4.78 is 12.3. The molecule has 158 valence electrons. The maximum atomic E-state index is 13.3. The summed E-state index contributed by atoms with van der Waals surface area (Å²) in [6.07, 6.45) is 0. The molecule has 3 aromatic rings. The molecule has 0 saturated carbocycles. The van der Waals surface area contributed by atoms with Crippen LogP contribution in [0, 0.1) is 6.92 Å². The van der Waals surface area contributed by atoms with Crippen LogP contribution in [0.5, 0.6) is 11.5 Å². The van der Waals surface area contributed by atoms with E-state index in [1.165, 1.54) is 0 Å². The predicted molar refractivity (Wildman–Crippen MR) is 117 cm³/mol. The zero-order valence-corrected chi connectivity index (χ0v) is 18.4. The molecule has 2 aromatic carbocycles. The molecule has 6 nitrogen and oxygen atoms in total. The Morgan fingerprint density at radius 3 is 2.40 bits per heavy atom. The smallest absolute Gasteiger partial charge is 0.259 e. The second kappa shape index (κ2) is 9.67. The van der Waals surface area contributed by atoms with Crippen molar-refractivity contribution < 1.29 is 14.3 Å². The van der Waals surface area contributed by atoms with Crippen molar-refractivity contribution in [3.8, 4) is 11.5 Å². The summed E-state index contributed by atoms with van der Waals surface area (Å²) in [5, 5.41) is 4.85. The number of carbonyl (C=O) groups is 1. The number of ether oxygens (including phenoxy) is 2. The summed E-state index contributed by atoms with van der Waals surface area (Å²) in [5.74, 6) is 1.13. The van der Waals surface area contributed by atoms with Crippen LogP contribution in [-0.2, 0) is 13.1 Å². The molecule has 1 aromatic heterocycles. The van der Waals surface area contributed by atoms with Crippen LogP contribution >= 0.6 is 11.6 Å². The van der Waals surface area contributed by atoms with E-state index in [1.807, 2.05) is 62.4 Å². The minimum atomic E-state index is -0.144. The lowest BCUT2D eigenvalue weighted by Crippen LogP contribution is -2.30. The summed E-state index contributed by atoms with van der Waals surface area (Å²) in [5.41, 5.74) is 3.06. The quantitative estimate of drug-likeness (QED) is 0.528. The number of halogens is 1. The summed E-state index contributed by atoms with van der Waals surface area (Å²) in [4.78, 5) is 15.0. The standard InChI is InChI=1S/C23H26ClN3O3/c1-5-26(14-18-11-12-19(29-3)20(13-18)30-4)23(28)21-16(2)25-27(22(21)24)15-17-9-7-6-8-10-17/h6-13H,5,14-15H2,1-4H3. The number of aryl methyl sites for hydroxylation is 1. The van der Waals surface area contributed by atoms with Crippen LogP contribution in [0.4, 0.5) is 0 Å². The lowest BCUT2D eigenvalue weighted by Gasteiger charge is -2.21. The van der Waals surface area contributed by atoms with Crippen molar-refractivity contribution in [2.24, 2.45) is 0 Å². The number of carbonyl (C=O) groups excluding carboxylic acids is 1. The first kappa shape index (κ1) is 21.7. The molecule has 0 radical (unpaired) electrons. The molecule has 3 rings (SSSR count). The van der Waals surface area contributed by atoms with Gasteiger partial charge in [0, 0.05) is 13.1 Å². The highest BCUT2D eigenvalue weighted by Crippen LogP contribution is 2.29. The molecule has 0 aliphatic rings. The summed E-state index contributed by atoms with van der Waals surface area (Å²) in [7, 11) is 3.19. The first-order valence-corrected chi connectivity index (χ1v) is 10.1. The van der Waals surface area contributed by atoms with Gasteiger partial charge < -0.3 is 14.4 Å². The lowest BCUT2D eigenvalue weighted by molar-refractivity contribution is 0.0752. The number of benzene rings is 2. The van der Waals surface area contributed by atoms with Gasteiger partial charge in [-0.05, 0) is 37.1 Å². The predicted octanol–water partition coefficient (Wildman–Crippen LogP) is 4.57. The van der Waals surface area contributed by atoms with E-state index < -0.39 is 0 Å². The van der Waals surface area contributed by atoms with Gasteiger partial charge in [0.1, 0.15) is 5.15 Å². The van der Waals surface area contributed by atoms with Gasteiger partial charge in [0.25, 0.3) is 5.91 Å². The Labute approximate surface area is 182 Å². The second-order valence-electron chi connectivity index (χ2n) is 6.90. The maximum absolute atomic E-state index is 13.3. The zero-order valence-electron chi connectivity index (χ0n) is 17.7. The fourth-order valence-corrected chi connectivity index (χ4v) is 3.66. The largest absolute Gasteiger partial charge is 0.493 e. The molecule has 1 heterocycles. The number of hydrogen-bond acceptors (Lipinski definition) is 4. The molecule has 0 aliphatic carbocycles. The molecule has 0 N–H and O–H groups in total. The van der Waals surface area contributed by atoms with Gasteiger partial charge in [0.05, 0.1) is 32.0 Å². The fraction of sp³-hybridized carbons (Fsp3) is 0.304. The van der Waals surface area contributed by atoms with Crippen molar-refractivity contribution in [1.29, 1.82) is 0 Å². The van der Waals surface area contributed by atoms with Crippen molar-refractivity contribution in [3.05, 3.63) is 76.1 Å². The molecular weight excluding hydrogens is 402 g/mol. The van der Waals surface area contributed by atoms with Gasteiger partial charge in [0.15, 0.2) is 11.5 Å². The number of amides is 1. The van der Waals surface area contributed by atoms with Gasteiger partial charge in [-0.1, -0.05) is 48.0 Å². The van der Waals surface area contributed by atoms with E-state index in [-0.39, 0.29) is 5.91 Å². The third-order valence-corrected chi connectivity index (χ3v) is 5.33. The number of methoxy groups -OCH3 is 2. The zero-order chi connectivity index (χ0) is 21.7. The summed E-state index contributed by atoms with van der Waals surface area (Å²) >= 11 is 6.58. The van der Waals surface area contributed by atoms with Crippen LogP contribution in [0.2, 0.25) is 5.15 Å². The number of nitrogens with zero attached hydrogens (tertiary/aromatic N) is 3. The average molecular weight is 428 g/mol. The first-order valence-electron chi connectivity index (χ1n) is 9.75. The number of hydrogen-bond donors (Lipinski definition) is 0. The first-order chi connectivity index (χ1) is 14.5. The Morgan fingerprint density at radius 2 is 1.77 bits per heavy atom. The number of rotatable bonds is 8. The maximum Gasteiger partial charge on any atom is 0.259 e. The third kappa shape index (κ3) is 4.60. The van der Waals surface area contributed by atoms with Gasteiger partial charge in [-0.3, -0.25) is 4.79 Å². The highest BCUT2D eigenvalue weighted by molar-refractivity contribution is 6.33. The van der Waals surface area contributed by atoms with Crippen LogP contribution in [0.1, 0.15) is 34.1 Å². The van der Waals surface area contributed by atoms with Crippen LogP contribution < -0.4 is 9.47 Å². The van der Waals surface area contributed by atoms with Crippen LogP contribution in [-0.4, -0.2) is 41.4 Å². The molecule has 0 fully saturated rings. The van der Waals surface area contributed by atoms with Crippen LogP contribution in [0.25, 0.3) is 0 Å². The summed E-state index contributed by atoms with van der Waals surface area (Å²) in [6, 6.07) is 15.5. The second-order valence-corrected chi connectivity index (χ2v) is 7.26. The van der Waals surface area contributed by atoms with Gasteiger partial charge in [0.2, 0.25) is 0 Å². The molecular formula is C23H26ClN3O3. The van der Waals surface area contributed by atoms with Crippen LogP contribution in [0.15, 0.2) is 48.5 Å². The molecule has 30 heavy (non-hydrogen) atoms. The van der Waals surface area contributed by atoms with Crippen molar-refractivity contribution in [1.82, 2.24) is 14.7 Å². The van der Waals surface area contributed by atoms with E-state index in [2.05, 4.69) is 5.10 Å². The molecule has 0 unspecified atom stereocenters. The normalized spacial score (nSPS) is 10.7. The molecule has 0 atom stereocenters. The van der Waals surface area contributed by atoms with Crippen molar-refractivity contribution in [3.63, 3.8) is 0 Å². The summed E-state index contributed by atoms with van der Waals surface area (Å²) in [6.45, 7) is 5.22. The average Bonchev–Trinajstić information content (AvgIpc) is 3.04. The molecule has 0 spiro atoms. The monoisotopic (exact) mass is 427 g/mol. The van der Waals surface area contributed by atoms with E-state index in [4.69, 9.17) is 21.1 Å². The van der Waals surface area contributed by atoms with E-state index in [9.17, 15) is 4.79 Å². The molecule has 0 bridgehead atoms. The Hall–Kier alpha value is -2.99. The minimum absolute atomic E-state index is 0.144. The molecule has 1 amide bonds. The van der Waals surface area contributed by atoms with Crippen molar-refractivity contribution in [2.45, 2.75) is 26.9 Å². The lowest BCUT2D eigenvalue weighted by atomic mass is 10.1. The van der Waals surface area contributed by atoms with Gasteiger partial charge in [-0.25, -0.2) is 4.68 Å². The fourth-order valence-electron chi connectivity index (χ4n) is 3.34. The molecule has 0 aliphatic heterocycles. The van der Waals surface area contributed by atoms with Gasteiger partial charge in [-0.2, -0.15) is 5.10 Å². The van der Waals surface area contributed by atoms with E-state index in [0.717, 1.165) is 11.1 Å². The van der Waals surface area contributed by atoms with E-state index in [1.54, 1.807) is 23.8 Å². The third-order valence-electron chi connectivity index (χ3n) is 4.94.